The molecule has 2 rings (SSSR count). The summed E-state index contributed by atoms with van der Waals surface area (Å²) in [6.45, 7) is 14.0. The average Bonchev–Trinajstić information content (AvgIpc) is 2.34. The Balaban J connectivity index is 2.84. The fourth-order valence-corrected chi connectivity index (χ4v) is 3.75. The molecule has 0 saturated heterocycles. The summed E-state index contributed by atoms with van der Waals surface area (Å²) in [5.41, 5.74) is 1.74. The van der Waals surface area contributed by atoms with Crippen LogP contribution in [0.4, 0.5) is 0 Å². The van der Waals surface area contributed by atoms with Gasteiger partial charge in [-0.05, 0) is 27.2 Å². The van der Waals surface area contributed by atoms with Crippen LogP contribution in [0, 0.1) is 10.8 Å². The summed E-state index contributed by atoms with van der Waals surface area (Å²) in [6.07, 6.45) is 0. The van der Waals surface area contributed by atoms with Gasteiger partial charge in [-0.25, -0.2) is 0 Å². The van der Waals surface area contributed by atoms with Gasteiger partial charge >= 0.3 is 0 Å². The Bertz CT molecular complexity index is 592. The van der Waals surface area contributed by atoms with E-state index in [-0.39, 0.29) is 16.0 Å². The number of hydrogen-bond donors (Lipinski definition) is 0. The Kier molecular flexibility index (Phi) is 3.76. The van der Waals surface area contributed by atoms with Crippen LogP contribution >= 0.6 is 9.24 Å². The molecule has 0 amide bonds. The Hall–Kier alpha value is -0.870. The third-order valence-corrected chi connectivity index (χ3v) is 6.62. The zero-order valence-corrected chi connectivity index (χ0v) is 14.8. The van der Waals surface area contributed by atoms with Crippen molar-refractivity contribution in [2.24, 2.45) is 10.8 Å². The Morgan fingerprint density at radius 2 is 1.20 bits per heavy atom. The maximum atomic E-state index is 3.19. The lowest BCUT2D eigenvalue weighted by atomic mass is 9.62. The summed E-state index contributed by atoms with van der Waals surface area (Å²) < 4.78 is 0. The summed E-state index contributed by atoms with van der Waals surface area (Å²) in [7, 11) is 3.19. The monoisotopic (exact) mass is 286 g/mol. The Labute approximate surface area is 126 Å². The van der Waals surface area contributed by atoms with E-state index in [0.717, 1.165) is 0 Å². The van der Waals surface area contributed by atoms with Crippen LogP contribution in [0.3, 0.4) is 0 Å². The molecule has 0 bridgehead atoms. The normalized spacial score (nSPS) is 13.8. The Morgan fingerprint density at radius 3 is 1.75 bits per heavy atom. The van der Waals surface area contributed by atoms with Gasteiger partial charge in [0.1, 0.15) is 0 Å². The first-order valence-corrected chi connectivity index (χ1v) is 7.94. The molecule has 0 aromatic heterocycles. The van der Waals surface area contributed by atoms with E-state index in [9.17, 15) is 0 Å². The van der Waals surface area contributed by atoms with Crippen molar-refractivity contribution < 1.29 is 0 Å². The molecule has 1 unspecified atom stereocenters. The largest absolute Gasteiger partial charge is 0.125 e. The number of hydrogen-bond acceptors (Lipinski definition) is 0. The molecular weight excluding hydrogens is 259 g/mol. The molecule has 0 saturated carbocycles. The SMILES string of the molecule is CC(C)(C)C(P)(c1cccc2ccccc12)C(C)(C)C. The van der Waals surface area contributed by atoms with Crippen LogP contribution < -0.4 is 0 Å². The van der Waals surface area contributed by atoms with Crippen molar-refractivity contribution in [3.05, 3.63) is 48.0 Å². The van der Waals surface area contributed by atoms with Gasteiger partial charge < -0.3 is 0 Å². The lowest BCUT2D eigenvalue weighted by Gasteiger charge is -2.52. The molecule has 2 aromatic carbocycles. The molecule has 0 radical (unpaired) electrons. The van der Waals surface area contributed by atoms with E-state index in [1.54, 1.807) is 0 Å². The highest BCUT2D eigenvalue weighted by molar-refractivity contribution is 7.18. The molecule has 0 aliphatic rings. The number of rotatable bonds is 1. The zero-order chi connectivity index (χ0) is 15.2. The van der Waals surface area contributed by atoms with Gasteiger partial charge in [0.2, 0.25) is 0 Å². The molecule has 0 aliphatic carbocycles. The molecule has 1 atom stereocenters. The maximum absolute atomic E-state index is 3.19. The lowest BCUT2D eigenvalue weighted by Crippen LogP contribution is -2.45. The van der Waals surface area contributed by atoms with Gasteiger partial charge in [0, 0.05) is 5.16 Å². The quantitative estimate of drug-likeness (QED) is 0.564. The molecule has 0 heterocycles. The molecule has 20 heavy (non-hydrogen) atoms. The molecule has 2 aromatic rings. The molecule has 0 nitrogen and oxygen atoms in total. The van der Waals surface area contributed by atoms with E-state index >= 15 is 0 Å². The summed E-state index contributed by atoms with van der Waals surface area (Å²) in [4.78, 5) is 0. The minimum atomic E-state index is 0.0147. The van der Waals surface area contributed by atoms with Crippen LogP contribution in [0.1, 0.15) is 47.1 Å². The standard InChI is InChI=1S/C19H27P/c1-17(2,3)19(20,18(4,5)6)16-13-9-11-14-10-7-8-12-15(14)16/h7-13H,20H2,1-6H3. The van der Waals surface area contributed by atoms with E-state index in [1.165, 1.54) is 16.3 Å². The maximum Gasteiger partial charge on any atom is 0.0200 e. The van der Waals surface area contributed by atoms with Crippen molar-refractivity contribution in [3.63, 3.8) is 0 Å². The summed E-state index contributed by atoms with van der Waals surface area (Å²) >= 11 is 0. The predicted molar refractivity (Wildman–Crippen MR) is 94.2 cm³/mol. The Morgan fingerprint density at radius 1 is 0.700 bits per heavy atom. The van der Waals surface area contributed by atoms with Gasteiger partial charge in [0.25, 0.3) is 0 Å². The smallest absolute Gasteiger partial charge is 0.0200 e. The van der Waals surface area contributed by atoms with Crippen molar-refractivity contribution in [1.29, 1.82) is 0 Å². The molecular formula is C19H27P. The minimum Gasteiger partial charge on any atom is -0.125 e. The minimum absolute atomic E-state index is 0.0147. The van der Waals surface area contributed by atoms with Crippen LogP contribution in [0.5, 0.6) is 0 Å². The zero-order valence-electron chi connectivity index (χ0n) is 13.6. The third-order valence-electron chi connectivity index (χ3n) is 4.58. The van der Waals surface area contributed by atoms with Crippen molar-refractivity contribution in [2.45, 2.75) is 46.7 Å². The second kappa shape index (κ2) is 4.85. The van der Waals surface area contributed by atoms with Gasteiger partial charge in [0.05, 0.1) is 0 Å². The molecule has 108 valence electrons. The van der Waals surface area contributed by atoms with Gasteiger partial charge in [-0.2, -0.15) is 0 Å². The van der Waals surface area contributed by atoms with Gasteiger partial charge in [0.15, 0.2) is 0 Å². The summed E-state index contributed by atoms with van der Waals surface area (Å²) in [5, 5.41) is 2.71. The van der Waals surface area contributed by atoms with E-state index in [0.29, 0.717) is 0 Å². The van der Waals surface area contributed by atoms with Crippen LogP contribution in [-0.2, 0) is 5.16 Å². The lowest BCUT2D eigenvalue weighted by molar-refractivity contribution is 0.141. The summed E-state index contributed by atoms with van der Waals surface area (Å²) in [6, 6.07) is 15.4. The van der Waals surface area contributed by atoms with Crippen molar-refractivity contribution in [2.75, 3.05) is 0 Å². The van der Waals surface area contributed by atoms with Crippen molar-refractivity contribution in [3.8, 4) is 0 Å². The topological polar surface area (TPSA) is 0 Å². The average molecular weight is 286 g/mol. The van der Waals surface area contributed by atoms with Crippen LogP contribution in [0.2, 0.25) is 0 Å². The molecule has 1 heteroatoms. The second-order valence-electron chi connectivity index (χ2n) is 7.83. The number of benzene rings is 2. The molecule has 0 N–H and O–H groups in total. The summed E-state index contributed by atoms with van der Waals surface area (Å²) in [5.74, 6) is 0. The van der Waals surface area contributed by atoms with Gasteiger partial charge in [-0.1, -0.05) is 84.0 Å². The highest BCUT2D eigenvalue weighted by Crippen LogP contribution is 2.59. The van der Waals surface area contributed by atoms with E-state index < -0.39 is 0 Å². The highest BCUT2D eigenvalue weighted by Gasteiger charge is 2.48. The van der Waals surface area contributed by atoms with Gasteiger partial charge in [-0.15, -0.1) is 9.24 Å². The first-order chi connectivity index (χ1) is 9.09. The molecule has 0 fully saturated rings. The first-order valence-electron chi connectivity index (χ1n) is 7.36. The van der Waals surface area contributed by atoms with Gasteiger partial charge in [-0.3, -0.25) is 0 Å². The number of fused-ring (bicyclic) bond motifs is 1. The predicted octanol–water partition coefficient (Wildman–Crippen LogP) is 6.00. The van der Waals surface area contributed by atoms with E-state index in [1.807, 2.05) is 0 Å². The highest BCUT2D eigenvalue weighted by atomic mass is 31.0. The van der Waals surface area contributed by atoms with Crippen LogP contribution in [0.15, 0.2) is 42.5 Å². The van der Waals surface area contributed by atoms with E-state index in [4.69, 9.17) is 0 Å². The molecule has 0 aliphatic heterocycles. The van der Waals surface area contributed by atoms with Crippen LogP contribution in [-0.4, -0.2) is 0 Å². The van der Waals surface area contributed by atoms with Crippen molar-refractivity contribution >= 4 is 20.0 Å². The fourth-order valence-electron chi connectivity index (χ4n) is 3.50. The van der Waals surface area contributed by atoms with E-state index in [2.05, 4.69) is 93.2 Å². The second-order valence-corrected chi connectivity index (χ2v) is 8.70. The van der Waals surface area contributed by atoms with Crippen molar-refractivity contribution in [1.82, 2.24) is 0 Å². The first kappa shape index (κ1) is 15.5. The third kappa shape index (κ3) is 2.29. The van der Waals surface area contributed by atoms with Crippen LogP contribution in [0.25, 0.3) is 10.8 Å². The fraction of sp³-hybridized carbons (Fsp3) is 0.474. The molecule has 0 spiro atoms.